The van der Waals surface area contributed by atoms with Crippen LogP contribution in [0, 0.1) is 11.8 Å². The number of aromatic nitrogens is 3. The van der Waals surface area contributed by atoms with Gasteiger partial charge in [0.1, 0.15) is 0 Å². The minimum Gasteiger partial charge on any atom is -0.341 e. The Kier molecular flexibility index (Phi) is 9.19. The molecule has 1 atom stereocenters. The second-order valence-electron chi connectivity index (χ2n) is 8.67. The van der Waals surface area contributed by atoms with Gasteiger partial charge in [-0.05, 0) is 57.1 Å². The largest absolute Gasteiger partial charge is 0.341 e. The fraction of sp³-hybridized carbons (Fsp3) is 0.591. The van der Waals surface area contributed by atoms with E-state index in [0.29, 0.717) is 27.8 Å². The SMILES string of the molecule is CC(C)CN(CC(C)C)C(=O)CSc1nnc(C(C)N(C)C)n1-c1ccc(Cl)cc1. The molecule has 0 bridgehead atoms. The van der Waals surface area contributed by atoms with Crippen LogP contribution in [0.25, 0.3) is 5.69 Å². The Hall–Kier alpha value is -1.57. The van der Waals surface area contributed by atoms with Crippen molar-refractivity contribution in [3.8, 4) is 5.69 Å². The van der Waals surface area contributed by atoms with E-state index in [0.717, 1.165) is 24.6 Å². The first kappa shape index (κ1) is 24.7. The quantitative estimate of drug-likeness (QED) is 0.486. The van der Waals surface area contributed by atoms with Crippen molar-refractivity contribution >= 4 is 29.3 Å². The summed E-state index contributed by atoms with van der Waals surface area (Å²) in [5.74, 6) is 2.17. The van der Waals surface area contributed by atoms with E-state index in [1.54, 1.807) is 0 Å². The average molecular weight is 452 g/mol. The van der Waals surface area contributed by atoms with E-state index in [2.05, 4.69) is 49.7 Å². The molecule has 0 spiro atoms. The molecule has 30 heavy (non-hydrogen) atoms. The molecule has 6 nitrogen and oxygen atoms in total. The van der Waals surface area contributed by atoms with E-state index >= 15 is 0 Å². The van der Waals surface area contributed by atoms with Crippen molar-refractivity contribution in [1.29, 1.82) is 0 Å². The topological polar surface area (TPSA) is 54.3 Å². The van der Waals surface area contributed by atoms with E-state index in [1.807, 2.05) is 47.8 Å². The minimum absolute atomic E-state index is 0.0663. The Labute approximate surface area is 190 Å². The molecule has 0 saturated heterocycles. The number of thioether (sulfide) groups is 1. The fourth-order valence-electron chi connectivity index (χ4n) is 3.09. The highest BCUT2D eigenvalue weighted by Gasteiger charge is 2.23. The molecular formula is C22H34ClN5OS. The maximum atomic E-state index is 13.0. The Morgan fingerprint density at radius 2 is 1.60 bits per heavy atom. The molecule has 8 heteroatoms. The molecule has 2 rings (SSSR count). The number of benzene rings is 1. The van der Waals surface area contributed by atoms with Crippen molar-refractivity contribution in [2.45, 2.75) is 45.8 Å². The maximum Gasteiger partial charge on any atom is 0.233 e. The number of nitrogens with zero attached hydrogens (tertiary/aromatic N) is 5. The van der Waals surface area contributed by atoms with E-state index < -0.39 is 0 Å². The third-order valence-electron chi connectivity index (χ3n) is 4.74. The molecule has 1 aromatic carbocycles. The van der Waals surface area contributed by atoms with Crippen molar-refractivity contribution < 1.29 is 4.79 Å². The molecule has 0 radical (unpaired) electrons. The second-order valence-corrected chi connectivity index (χ2v) is 10.0. The molecule has 2 aromatic rings. The van der Waals surface area contributed by atoms with Crippen LogP contribution in [-0.2, 0) is 4.79 Å². The smallest absolute Gasteiger partial charge is 0.233 e. The molecule has 0 saturated carbocycles. The molecule has 0 aliphatic carbocycles. The standard InChI is InChI=1S/C22H34ClN5OS/c1-15(2)12-27(13-16(3)4)20(29)14-30-22-25-24-21(17(5)26(6)7)28(22)19-10-8-18(23)9-11-19/h8-11,15-17H,12-14H2,1-7H3. The van der Waals surface area contributed by atoms with Crippen LogP contribution in [0.1, 0.15) is 46.5 Å². The third-order valence-corrected chi connectivity index (χ3v) is 5.91. The molecule has 0 aliphatic rings. The van der Waals surface area contributed by atoms with Crippen LogP contribution in [0.2, 0.25) is 5.02 Å². The lowest BCUT2D eigenvalue weighted by molar-refractivity contribution is -0.129. The number of hydrogen-bond donors (Lipinski definition) is 0. The average Bonchev–Trinajstić information content (AvgIpc) is 3.08. The number of hydrogen-bond acceptors (Lipinski definition) is 5. The molecular weight excluding hydrogens is 418 g/mol. The monoisotopic (exact) mass is 451 g/mol. The number of rotatable bonds is 10. The van der Waals surface area contributed by atoms with Crippen molar-refractivity contribution in [2.24, 2.45) is 11.8 Å². The molecule has 1 aromatic heterocycles. The van der Waals surface area contributed by atoms with Gasteiger partial charge in [0.05, 0.1) is 11.8 Å². The molecule has 0 fully saturated rings. The summed E-state index contributed by atoms with van der Waals surface area (Å²) < 4.78 is 2.02. The van der Waals surface area contributed by atoms with Gasteiger partial charge in [0, 0.05) is 23.8 Å². The molecule has 0 N–H and O–H groups in total. The first-order valence-electron chi connectivity index (χ1n) is 10.4. The summed E-state index contributed by atoms with van der Waals surface area (Å²) in [6.45, 7) is 12.2. The van der Waals surface area contributed by atoms with Crippen molar-refractivity contribution in [3.63, 3.8) is 0 Å². The first-order valence-corrected chi connectivity index (χ1v) is 11.7. The Balaban J connectivity index is 2.28. The highest BCUT2D eigenvalue weighted by atomic mass is 35.5. The predicted octanol–water partition coefficient (Wildman–Crippen LogP) is 4.78. The Morgan fingerprint density at radius 1 is 1.03 bits per heavy atom. The van der Waals surface area contributed by atoms with Gasteiger partial charge in [-0.2, -0.15) is 0 Å². The summed E-state index contributed by atoms with van der Waals surface area (Å²) >= 11 is 7.52. The first-order chi connectivity index (χ1) is 14.1. The van der Waals surface area contributed by atoms with Gasteiger partial charge < -0.3 is 4.90 Å². The number of halogens is 1. The van der Waals surface area contributed by atoms with Gasteiger partial charge in [0.2, 0.25) is 5.91 Å². The molecule has 0 aliphatic heterocycles. The van der Waals surface area contributed by atoms with Gasteiger partial charge in [-0.15, -0.1) is 10.2 Å². The van der Waals surface area contributed by atoms with Crippen LogP contribution < -0.4 is 0 Å². The van der Waals surface area contributed by atoms with Crippen LogP contribution >= 0.6 is 23.4 Å². The minimum atomic E-state index is 0.0663. The lowest BCUT2D eigenvalue weighted by atomic mass is 10.1. The van der Waals surface area contributed by atoms with Crippen LogP contribution in [0.4, 0.5) is 0 Å². The highest BCUT2D eigenvalue weighted by Crippen LogP contribution is 2.27. The zero-order chi connectivity index (χ0) is 22.4. The fourth-order valence-corrected chi connectivity index (χ4v) is 4.07. The van der Waals surface area contributed by atoms with Crippen molar-refractivity contribution in [2.75, 3.05) is 32.9 Å². The summed E-state index contributed by atoms with van der Waals surface area (Å²) in [6, 6.07) is 7.68. The zero-order valence-corrected chi connectivity index (χ0v) is 20.7. The highest BCUT2D eigenvalue weighted by molar-refractivity contribution is 7.99. The maximum absolute atomic E-state index is 13.0. The van der Waals surface area contributed by atoms with Gasteiger partial charge >= 0.3 is 0 Å². The summed E-state index contributed by atoms with van der Waals surface area (Å²) in [7, 11) is 4.02. The number of carbonyl (C=O) groups is 1. The van der Waals surface area contributed by atoms with Crippen molar-refractivity contribution in [1.82, 2.24) is 24.6 Å². The molecule has 1 heterocycles. The van der Waals surface area contributed by atoms with Gasteiger partial charge in [-0.25, -0.2) is 0 Å². The zero-order valence-electron chi connectivity index (χ0n) is 19.1. The Morgan fingerprint density at radius 3 is 2.10 bits per heavy atom. The van der Waals surface area contributed by atoms with E-state index in [1.165, 1.54) is 11.8 Å². The van der Waals surface area contributed by atoms with Gasteiger partial charge in [-0.3, -0.25) is 14.3 Å². The van der Waals surface area contributed by atoms with Crippen LogP contribution in [-0.4, -0.2) is 63.4 Å². The second kappa shape index (κ2) is 11.2. The lowest BCUT2D eigenvalue weighted by Crippen LogP contribution is -2.38. The van der Waals surface area contributed by atoms with Gasteiger partial charge in [0.25, 0.3) is 0 Å². The van der Waals surface area contributed by atoms with E-state index in [4.69, 9.17) is 11.6 Å². The summed E-state index contributed by atoms with van der Waals surface area (Å²) in [5, 5.41) is 10.3. The van der Waals surface area contributed by atoms with Gasteiger partial charge in [0.15, 0.2) is 11.0 Å². The van der Waals surface area contributed by atoms with Crippen molar-refractivity contribution in [3.05, 3.63) is 35.1 Å². The van der Waals surface area contributed by atoms with E-state index in [9.17, 15) is 4.79 Å². The summed E-state index contributed by atoms with van der Waals surface area (Å²) in [6.07, 6.45) is 0. The summed E-state index contributed by atoms with van der Waals surface area (Å²) in [5.41, 5.74) is 0.935. The molecule has 1 unspecified atom stereocenters. The van der Waals surface area contributed by atoms with Crippen LogP contribution in [0.5, 0.6) is 0 Å². The third kappa shape index (κ3) is 6.72. The molecule has 166 valence electrons. The van der Waals surface area contributed by atoms with Crippen LogP contribution in [0.3, 0.4) is 0 Å². The normalized spacial score (nSPS) is 12.8. The number of amides is 1. The van der Waals surface area contributed by atoms with Crippen LogP contribution in [0.15, 0.2) is 29.4 Å². The Bertz CT molecular complexity index is 809. The summed E-state index contributed by atoms with van der Waals surface area (Å²) in [4.78, 5) is 17.0. The van der Waals surface area contributed by atoms with E-state index in [-0.39, 0.29) is 11.9 Å². The molecule has 1 amide bonds. The number of carbonyl (C=O) groups excluding carboxylic acids is 1. The lowest BCUT2D eigenvalue weighted by Gasteiger charge is -2.26. The van der Waals surface area contributed by atoms with Gasteiger partial charge in [-0.1, -0.05) is 51.1 Å². The predicted molar refractivity (Wildman–Crippen MR) is 125 cm³/mol.